The molecule has 3 aliphatic carbocycles. The fraction of sp³-hybridized carbons (Fsp3) is 0.818. The fourth-order valence-electron chi connectivity index (χ4n) is 4.07. The normalized spacial score (nSPS) is 44.7. The lowest BCUT2D eigenvalue weighted by molar-refractivity contribution is 0.249. The van der Waals surface area contributed by atoms with Gasteiger partial charge in [0.1, 0.15) is 0 Å². The van der Waals surface area contributed by atoms with Gasteiger partial charge < -0.3 is 5.73 Å². The Kier molecular flexibility index (Phi) is 1.97. The Bertz CT molecular complexity index is 326. The summed E-state index contributed by atoms with van der Waals surface area (Å²) in [4.78, 5) is 10.6. The summed E-state index contributed by atoms with van der Waals surface area (Å²) in [6, 6.07) is -0.548. The lowest BCUT2D eigenvalue weighted by Crippen LogP contribution is -2.30. The number of nitrogens with two attached hydrogens (primary N) is 1. The highest BCUT2D eigenvalue weighted by molar-refractivity contribution is 5.91. The predicted molar refractivity (Wildman–Crippen MR) is 57.2 cm³/mol. The number of urea groups is 1. The van der Waals surface area contributed by atoms with Crippen LogP contribution in [0.25, 0.3) is 0 Å². The van der Waals surface area contributed by atoms with Gasteiger partial charge in [-0.2, -0.15) is 5.10 Å². The molecule has 3 aliphatic rings. The van der Waals surface area contributed by atoms with E-state index >= 15 is 0 Å². The Morgan fingerprint density at radius 2 is 2.20 bits per heavy atom. The summed E-state index contributed by atoms with van der Waals surface area (Å²) in [5, 5.41) is 4.16. The first kappa shape index (κ1) is 9.19. The molecule has 3 fully saturated rings. The molecule has 2 amide bonds. The van der Waals surface area contributed by atoms with Crippen molar-refractivity contribution < 1.29 is 4.79 Å². The molecule has 82 valence electrons. The minimum absolute atomic E-state index is 0.548. The smallest absolute Gasteiger partial charge is 0.332 e. The van der Waals surface area contributed by atoms with Crippen LogP contribution in [-0.2, 0) is 0 Å². The molecular formula is C11H17N3O. The molecule has 3 N–H and O–H groups in total. The summed E-state index contributed by atoms with van der Waals surface area (Å²) in [5.74, 6) is 3.31. The number of nitrogens with zero attached hydrogens (tertiary/aromatic N) is 1. The van der Waals surface area contributed by atoms with Crippen LogP contribution in [0.2, 0.25) is 0 Å². The highest BCUT2D eigenvalue weighted by Gasteiger charge is 2.52. The number of hydrogen-bond donors (Lipinski definition) is 2. The van der Waals surface area contributed by atoms with Gasteiger partial charge in [-0.05, 0) is 43.4 Å². The maximum absolute atomic E-state index is 10.6. The van der Waals surface area contributed by atoms with Gasteiger partial charge >= 0.3 is 6.03 Å². The molecule has 0 spiro atoms. The van der Waals surface area contributed by atoms with E-state index in [1.165, 1.54) is 31.4 Å². The molecule has 0 aliphatic heterocycles. The third-order valence-corrected chi connectivity index (χ3v) is 4.51. The topological polar surface area (TPSA) is 67.5 Å². The van der Waals surface area contributed by atoms with E-state index in [0.29, 0.717) is 5.92 Å². The third-order valence-electron chi connectivity index (χ3n) is 4.51. The summed E-state index contributed by atoms with van der Waals surface area (Å²) < 4.78 is 0. The maximum Gasteiger partial charge on any atom is 0.332 e. The molecular weight excluding hydrogens is 190 g/mol. The van der Waals surface area contributed by atoms with Crippen LogP contribution in [0.5, 0.6) is 0 Å². The van der Waals surface area contributed by atoms with Gasteiger partial charge in [0.2, 0.25) is 0 Å². The van der Waals surface area contributed by atoms with Crippen molar-refractivity contribution in [2.75, 3.05) is 0 Å². The monoisotopic (exact) mass is 207 g/mol. The number of carbonyl (C=O) groups is 1. The van der Waals surface area contributed by atoms with E-state index in [-0.39, 0.29) is 0 Å². The summed E-state index contributed by atoms with van der Waals surface area (Å²) in [7, 11) is 0. The zero-order valence-electron chi connectivity index (χ0n) is 8.78. The quantitative estimate of drug-likeness (QED) is 0.628. The molecule has 0 radical (unpaired) electrons. The van der Waals surface area contributed by atoms with Crippen molar-refractivity contribution in [3.8, 4) is 0 Å². The highest BCUT2D eigenvalue weighted by Crippen LogP contribution is 2.57. The van der Waals surface area contributed by atoms with Gasteiger partial charge in [0.25, 0.3) is 0 Å². The highest BCUT2D eigenvalue weighted by atomic mass is 16.2. The third kappa shape index (κ3) is 1.34. The summed E-state index contributed by atoms with van der Waals surface area (Å²) in [6.45, 7) is 0. The summed E-state index contributed by atoms with van der Waals surface area (Å²) >= 11 is 0. The van der Waals surface area contributed by atoms with E-state index in [4.69, 9.17) is 5.73 Å². The van der Waals surface area contributed by atoms with Gasteiger partial charge in [-0.15, -0.1) is 0 Å². The van der Waals surface area contributed by atoms with E-state index < -0.39 is 6.03 Å². The minimum Gasteiger partial charge on any atom is -0.350 e. The van der Waals surface area contributed by atoms with Gasteiger partial charge in [-0.1, -0.05) is 6.42 Å². The molecule has 3 rings (SSSR count). The second-order valence-electron chi connectivity index (χ2n) is 5.14. The number of hydrazone groups is 1. The average Bonchev–Trinajstić information content (AvgIpc) is 2.86. The Hall–Kier alpha value is -1.06. The van der Waals surface area contributed by atoms with Crippen molar-refractivity contribution >= 4 is 11.7 Å². The van der Waals surface area contributed by atoms with Crippen molar-refractivity contribution in [3.05, 3.63) is 0 Å². The number of primary amides is 1. The first-order valence-corrected chi connectivity index (χ1v) is 5.87. The zero-order chi connectivity index (χ0) is 10.4. The van der Waals surface area contributed by atoms with Crippen molar-refractivity contribution in [1.82, 2.24) is 5.43 Å². The molecule has 4 atom stereocenters. The SMILES string of the molecule is NC(=O)NN=C1CC2CC1C1CCCC21. The molecule has 0 heterocycles. The van der Waals surface area contributed by atoms with Gasteiger partial charge in [0.05, 0.1) is 0 Å². The van der Waals surface area contributed by atoms with E-state index in [1.807, 2.05) is 0 Å². The van der Waals surface area contributed by atoms with Crippen LogP contribution in [0.15, 0.2) is 5.10 Å². The van der Waals surface area contributed by atoms with Crippen LogP contribution in [0.3, 0.4) is 0 Å². The number of hydrogen-bond acceptors (Lipinski definition) is 2. The molecule has 0 aromatic carbocycles. The Morgan fingerprint density at radius 3 is 3.00 bits per heavy atom. The number of amides is 2. The van der Waals surface area contributed by atoms with E-state index in [2.05, 4.69) is 10.5 Å². The van der Waals surface area contributed by atoms with Gasteiger partial charge in [-0.25, -0.2) is 10.2 Å². The molecule has 0 aromatic heterocycles. The number of carbonyl (C=O) groups excluding carboxylic acids is 1. The van der Waals surface area contributed by atoms with Crippen molar-refractivity contribution in [2.45, 2.75) is 32.1 Å². The Labute approximate surface area is 89.3 Å². The molecule has 3 saturated carbocycles. The Morgan fingerprint density at radius 1 is 1.40 bits per heavy atom. The van der Waals surface area contributed by atoms with Gasteiger partial charge in [0.15, 0.2) is 0 Å². The first-order valence-electron chi connectivity index (χ1n) is 5.87. The lowest BCUT2D eigenvalue weighted by Gasteiger charge is -2.25. The lowest BCUT2D eigenvalue weighted by atomic mass is 9.81. The molecule has 4 nitrogen and oxygen atoms in total. The van der Waals surface area contributed by atoms with E-state index in [0.717, 1.165) is 24.2 Å². The van der Waals surface area contributed by atoms with Crippen molar-refractivity contribution in [1.29, 1.82) is 0 Å². The van der Waals surface area contributed by atoms with Crippen LogP contribution in [0, 0.1) is 23.7 Å². The van der Waals surface area contributed by atoms with Crippen LogP contribution >= 0.6 is 0 Å². The number of fused-ring (bicyclic) bond motifs is 5. The predicted octanol–water partition coefficient (Wildman–Crippen LogP) is 1.47. The molecule has 4 unspecified atom stereocenters. The standard InChI is InChI=1S/C11H17N3O/c12-11(15)14-13-10-5-6-4-9(10)8-3-1-2-7(6)8/h6-9H,1-5H2,(H3,12,14,15). The van der Waals surface area contributed by atoms with Crippen molar-refractivity contribution in [3.63, 3.8) is 0 Å². The molecule has 15 heavy (non-hydrogen) atoms. The van der Waals surface area contributed by atoms with E-state index in [9.17, 15) is 4.79 Å². The van der Waals surface area contributed by atoms with E-state index in [1.54, 1.807) is 0 Å². The fourth-order valence-corrected chi connectivity index (χ4v) is 4.07. The van der Waals surface area contributed by atoms with Gasteiger partial charge in [0, 0.05) is 11.6 Å². The second-order valence-corrected chi connectivity index (χ2v) is 5.14. The van der Waals surface area contributed by atoms with Crippen LogP contribution in [0.4, 0.5) is 4.79 Å². The second kappa shape index (κ2) is 3.22. The molecule has 0 saturated heterocycles. The van der Waals surface area contributed by atoms with Crippen LogP contribution < -0.4 is 11.2 Å². The largest absolute Gasteiger partial charge is 0.350 e. The van der Waals surface area contributed by atoms with Crippen LogP contribution in [-0.4, -0.2) is 11.7 Å². The molecule has 4 heteroatoms. The average molecular weight is 207 g/mol. The molecule has 2 bridgehead atoms. The van der Waals surface area contributed by atoms with Gasteiger partial charge in [-0.3, -0.25) is 0 Å². The van der Waals surface area contributed by atoms with Crippen molar-refractivity contribution in [2.24, 2.45) is 34.5 Å². The summed E-state index contributed by atoms with van der Waals surface area (Å²) in [6.07, 6.45) is 6.56. The molecule has 0 aromatic rings. The zero-order valence-corrected chi connectivity index (χ0v) is 8.78. The Balaban J connectivity index is 1.75. The number of rotatable bonds is 1. The summed E-state index contributed by atoms with van der Waals surface area (Å²) in [5.41, 5.74) is 8.59. The first-order chi connectivity index (χ1) is 7.25. The van der Waals surface area contributed by atoms with Crippen LogP contribution in [0.1, 0.15) is 32.1 Å². The maximum atomic E-state index is 10.6. The minimum atomic E-state index is -0.548. The number of nitrogens with one attached hydrogen (secondary N) is 1.